The van der Waals surface area contributed by atoms with Gasteiger partial charge in [0.25, 0.3) is 0 Å². The van der Waals surface area contributed by atoms with Crippen LogP contribution in [0.2, 0.25) is 0 Å². The standard InChI is InChI=1S/C6H12N2O5.C6H14O4/c9-5(10)7-1-3-13-4-2-8-6(11)12;7-1-3-9-5-6-10-4-2-8/h7-8H,1-4H2,(H,9,10)(H,11,12);7-8H,1-6H2. The molecule has 0 aliphatic carbocycles. The van der Waals surface area contributed by atoms with Crippen molar-refractivity contribution in [1.82, 2.24) is 10.6 Å². The van der Waals surface area contributed by atoms with E-state index in [0.717, 1.165) is 0 Å². The maximum Gasteiger partial charge on any atom is 0.404 e. The number of aliphatic hydroxyl groups excluding tert-OH is 2. The average Bonchev–Trinajstić information content (AvgIpc) is 2.50. The van der Waals surface area contributed by atoms with Gasteiger partial charge in [0, 0.05) is 13.1 Å². The van der Waals surface area contributed by atoms with E-state index in [4.69, 9.17) is 34.6 Å². The van der Waals surface area contributed by atoms with Crippen LogP contribution in [0.3, 0.4) is 0 Å². The van der Waals surface area contributed by atoms with Crippen molar-refractivity contribution in [2.75, 3.05) is 65.9 Å². The van der Waals surface area contributed by atoms with E-state index in [0.29, 0.717) is 26.4 Å². The summed E-state index contributed by atoms with van der Waals surface area (Å²) in [5.41, 5.74) is 0. The first kappa shape index (κ1) is 23.6. The summed E-state index contributed by atoms with van der Waals surface area (Å²) < 4.78 is 14.6. The van der Waals surface area contributed by atoms with Gasteiger partial charge in [0.1, 0.15) is 0 Å². The smallest absolute Gasteiger partial charge is 0.404 e. The Kier molecular flexibility index (Phi) is 20.9. The Morgan fingerprint density at radius 3 is 1.30 bits per heavy atom. The van der Waals surface area contributed by atoms with Gasteiger partial charge in [-0.25, -0.2) is 9.59 Å². The van der Waals surface area contributed by atoms with Crippen LogP contribution in [0.1, 0.15) is 0 Å². The molecule has 0 radical (unpaired) electrons. The summed E-state index contributed by atoms with van der Waals surface area (Å²) in [6.07, 6.45) is -2.21. The highest BCUT2D eigenvalue weighted by atomic mass is 16.5. The van der Waals surface area contributed by atoms with E-state index < -0.39 is 12.2 Å². The molecule has 0 aromatic heterocycles. The van der Waals surface area contributed by atoms with E-state index in [1.165, 1.54) is 0 Å². The average molecular weight is 342 g/mol. The molecular weight excluding hydrogens is 316 g/mol. The van der Waals surface area contributed by atoms with Crippen molar-refractivity contribution in [2.24, 2.45) is 0 Å². The van der Waals surface area contributed by atoms with Crippen molar-refractivity contribution in [3.63, 3.8) is 0 Å². The van der Waals surface area contributed by atoms with E-state index in [1.54, 1.807) is 0 Å². The molecule has 6 N–H and O–H groups in total. The Bertz CT molecular complexity index is 253. The van der Waals surface area contributed by atoms with E-state index in [9.17, 15) is 9.59 Å². The molecule has 0 aliphatic heterocycles. The van der Waals surface area contributed by atoms with Crippen molar-refractivity contribution in [1.29, 1.82) is 0 Å². The summed E-state index contributed by atoms with van der Waals surface area (Å²) in [5.74, 6) is 0. The number of hydrogen-bond donors (Lipinski definition) is 6. The fourth-order valence-corrected chi connectivity index (χ4v) is 1.01. The van der Waals surface area contributed by atoms with Gasteiger partial charge in [0.15, 0.2) is 0 Å². The minimum atomic E-state index is -1.10. The number of aliphatic hydroxyl groups is 2. The van der Waals surface area contributed by atoms with Crippen molar-refractivity contribution >= 4 is 12.2 Å². The zero-order valence-corrected chi connectivity index (χ0v) is 12.9. The first-order chi connectivity index (χ1) is 11.0. The van der Waals surface area contributed by atoms with E-state index >= 15 is 0 Å². The van der Waals surface area contributed by atoms with Gasteiger partial charge in [0.2, 0.25) is 0 Å². The van der Waals surface area contributed by atoms with E-state index in [1.807, 2.05) is 0 Å². The molecule has 0 aromatic carbocycles. The molecule has 2 amide bonds. The summed E-state index contributed by atoms with van der Waals surface area (Å²) in [6.45, 7) is 2.58. The topological polar surface area (TPSA) is 167 Å². The lowest BCUT2D eigenvalue weighted by molar-refractivity contribution is 0.0222. The molecule has 0 unspecified atom stereocenters. The van der Waals surface area contributed by atoms with Gasteiger partial charge in [0.05, 0.1) is 52.9 Å². The minimum absolute atomic E-state index is 0.0417. The summed E-state index contributed by atoms with van der Waals surface area (Å²) in [5, 5.41) is 37.0. The number of carbonyl (C=O) groups is 2. The Balaban J connectivity index is 0. The highest BCUT2D eigenvalue weighted by Gasteiger charge is 1.94. The molecule has 0 saturated carbocycles. The van der Waals surface area contributed by atoms with Crippen molar-refractivity contribution in [3.8, 4) is 0 Å². The number of hydrogen-bond acceptors (Lipinski definition) is 7. The Labute approximate surface area is 134 Å². The maximum absolute atomic E-state index is 9.92. The zero-order chi connectivity index (χ0) is 17.8. The predicted octanol–water partition coefficient (Wildman–Crippen LogP) is -1.46. The van der Waals surface area contributed by atoms with Crippen LogP contribution in [-0.2, 0) is 14.2 Å². The number of ether oxygens (including phenoxy) is 3. The van der Waals surface area contributed by atoms with Crippen molar-refractivity contribution in [3.05, 3.63) is 0 Å². The molecule has 11 heteroatoms. The van der Waals surface area contributed by atoms with Gasteiger partial charge < -0.3 is 45.3 Å². The fraction of sp³-hybridized carbons (Fsp3) is 0.833. The van der Waals surface area contributed by atoms with Gasteiger partial charge >= 0.3 is 12.2 Å². The van der Waals surface area contributed by atoms with Crippen molar-refractivity contribution < 1.29 is 44.2 Å². The highest BCUT2D eigenvalue weighted by molar-refractivity contribution is 5.64. The van der Waals surface area contributed by atoms with Crippen LogP contribution in [-0.4, -0.2) is 98.6 Å². The zero-order valence-electron chi connectivity index (χ0n) is 12.9. The third kappa shape index (κ3) is 29.1. The second-order valence-electron chi connectivity index (χ2n) is 3.75. The lowest BCUT2D eigenvalue weighted by Crippen LogP contribution is -2.28. The molecule has 23 heavy (non-hydrogen) atoms. The van der Waals surface area contributed by atoms with Crippen LogP contribution in [0.15, 0.2) is 0 Å². The van der Waals surface area contributed by atoms with Gasteiger partial charge in [-0.05, 0) is 0 Å². The van der Waals surface area contributed by atoms with E-state index in [-0.39, 0.29) is 39.5 Å². The van der Waals surface area contributed by atoms with Crippen LogP contribution < -0.4 is 10.6 Å². The molecule has 0 saturated heterocycles. The Morgan fingerprint density at radius 2 is 1.00 bits per heavy atom. The number of rotatable bonds is 13. The molecule has 0 bridgehead atoms. The lowest BCUT2D eigenvalue weighted by Gasteiger charge is -2.03. The largest absolute Gasteiger partial charge is 0.465 e. The van der Waals surface area contributed by atoms with Gasteiger partial charge in [-0.3, -0.25) is 0 Å². The van der Waals surface area contributed by atoms with Crippen LogP contribution in [0.25, 0.3) is 0 Å². The molecule has 0 aliphatic rings. The fourth-order valence-electron chi connectivity index (χ4n) is 1.01. The molecule has 0 heterocycles. The first-order valence-corrected chi connectivity index (χ1v) is 6.93. The first-order valence-electron chi connectivity index (χ1n) is 6.93. The van der Waals surface area contributed by atoms with Crippen LogP contribution in [0.4, 0.5) is 9.59 Å². The molecule has 0 fully saturated rings. The Morgan fingerprint density at radius 1 is 0.652 bits per heavy atom. The highest BCUT2D eigenvalue weighted by Crippen LogP contribution is 1.76. The molecule has 0 atom stereocenters. The van der Waals surface area contributed by atoms with Gasteiger partial charge in [-0.2, -0.15) is 0 Å². The molecule has 11 nitrogen and oxygen atoms in total. The van der Waals surface area contributed by atoms with Crippen LogP contribution >= 0.6 is 0 Å². The monoisotopic (exact) mass is 342 g/mol. The lowest BCUT2D eigenvalue weighted by atomic mass is 10.6. The molecule has 0 spiro atoms. The summed E-state index contributed by atoms with van der Waals surface area (Å²) >= 11 is 0. The van der Waals surface area contributed by atoms with Crippen LogP contribution in [0.5, 0.6) is 0 Å². The number of carboxylic acid groups (broad SMARTS) is 2. The SMILES string of the molecule is O=C(O)NCCOCCNC(=O)O.OCCOCCOCCO. The quantitative estimate of drug-likeness (QED) is 0.219. The van der Waals surface area contributed by atoms with Gasteiger partial charge in [-0.1, -0.05) is 0 Å². The van der Waals surface area contributed by atoms with E-state index in [2.05, 4.69) is 10.6 Å². The summed E-state index contributed by atoms with van der Waals surface area (Å²) in [6, 6.07) is 0. The summed E-state index contributed by atoms with van der Waals surface area (Å²) in [7, 11) is 0. The minimum Gasteiger partial charge on any atom is -0.465 e. The Hall–Kier alpha value is -1.66. The van der Waals surface area contributed by atoms with Crippen molar-refractivity contribution in [2.45, 2.75) is 0 Å². The second kappa shape index (κ2) is 20.3. The maximum atomic E-state index is 9.92. The van der Waals surface area contributed by atoms with Crippen LogP contribution in [0, 0.1) is 0 Å². The van der Waals surface area contributed by atoms with Gasteiger partial charge in [-0.15, -0.1) is 0 Å². The molecule has 138 valence electrons. The molecule has 0 rings (SSSR count). The number of nitrogens with one attached hydrogen (secondary N) is 2. The predicted molar refractivity (Wildman–Crippen MR) is 78.7 cm³/mol. The third-order valence-corrected chi connectivity index (χ3v) is 1.89. The normalized spacial score (nSPS) is 9.65. The number of amides is 2. The third-order valence-electron chi connectivity index (χ3n) is 1.89. The second-order valence-corrected chi connectivity index (χ2v) is 3.75. The molecule has 0 aromatic rings. The summed E-state index contributed by atoms with van der Waals surface area (Å²) in [4.78, 5) is 19.8. The molecular formula is C12H26N2O9.